The summed E-state index contributed by atoms with van der Waals surface area (Å²) in [7, 11) is 0. The second-order valence-electron chi connectivity index (χ2n) is 7.46. The molecule has 0 unspecified atom stereocenters. The van der Waals surface area contributed by atoms with Gasteiger partial charge in [-0.3, -0.25) is 14.6 Å². The number of hydrogen-bond acceptors (Lipinski definition) is 7. The first kappa shape index (κ1) is 18.7. The summed E-state index contributed by atoms with van der Waals surface area (Å²) in [6.07, 6.45) is 0. The quantitative estimate of drug-likeness (QED) is 0.548. The molecule has 0 atom stereocenters. The van der Waals surface area contributed by atoms with Gasteiger partial charge in [0.15, 0.2) is 0 Å². The predicted molar refractivity (Wildman–Crippen MR) is 113 cm³/mol. The molecule has 8 nitrogen and oxygen atoms in total. The van der Waals surface area contributed by atoms with Crippen LogP contribution in [-0.4, -0.2) is 56.1 Å². The Kier molecular flexibility index (Phi) is 5.08. The number of piperazine rings is 1. The summed E-state index contributed by atoms with van der Waals surface area (Å²) in [5, 5.41) is 4.72. The Morgan fingerprint density at radius 1 is 0.867 bits per heavy atom. The largest absolute Gasteiger partial charge is 0.338 e. The number of aromatic nitrogens is 4. The van der Waals surface area contributed by atoms with Crippen LogP contribution in [0.4, 0.5) is 0 Å². The normalized spacial score (nSPS) is 15.6. The van der Waals surface area contributed by atoms with E-state index in [9.17, 15) is 4.79 Å². The van der Waals surface area contributed by atoms with Gasteiger partial charge in [0, 0.05) is 31.7 Å². The van der Waals surface area contributed by atoms with Crippen LogP contribution in [0.15, 0.2) is 63.9 Å². The average molecular weight is 402 g/mol. The monoisotopic (exact) mass is 402 g/mol. The number of fused-ring (bicyclic) bond motifs is 1. The zero-order chi connectivity index (χ0) is 20.3. The van der Waals surface area contributed by atoms with E-state index in [2.05, 4.69) is 29.9 Å². The molecule has 4 aromatic rings. The first-order valence-electron chi connectivity index (χ1n) is 10.1. The van der Waals surface area contributed by atoms with Gasteiger partial charge in [0.1, 0.15) is 5.82 Å². The molecule has 5 rings (SSSR count). The highest BCUT2D eigenvalue weighted by Gasteiger charge is 2.20. The zero-order valence-electron chi connectivity index (χ0n) is 16.5. The number of rotatable bonds is 5. The third kappa shape index (κ3) is 4.00. The number of para-hydroxylation sites is 1. The van der Waals surface area contributed by atoms with Gasteiger partial charge in [0.05, 0.1) is 24.0 Å². The molecule has 0 bridgehead atoms. The van der Waals surface area contributed by atoms with Crippen molar-refractivity contribution in [3.63, 3.8) is 0 Å². The summed E-state index contributed by atoms with van der Waals surface area (Å²) in [5.41, 5.74) is 1.61. The lowest BCUT2D eigenvalue weighted by Gasteiger charge is -2.33. The summed E-state index contributed by atoms with van der Waals surface area (Å²) >= 11 is 0. The van der Waals surface area contributed by atoms with E-state index in [4.69, 9.17) is 4.52 Å². The van der Waals surface area contributed by atoms with Gasteiger partial charge in [-0.25, -0.2) is 4.98 Å². The van der Waals surface area contributed by atoms with Crippen molar-refractivity contribution in [1.82, 2.24) is 29.9 Å². The summed E-state index contributed by atoms with van der Waals surface area (Å²) in [6, 6.07) is 17.3. The fraction of sp³-hybridized carbons (Fsp3) is 0.273. The van der Waals surface area contributed by atoms with E-state index in [0.29, 0.717) is 36.0 Å². The van der Waals surface area contributed by atoms with Crippen molar-refractivity contribution in [3.8, 4) is 11.4 Å². The Balaban J connectivity index is 1.18. The number of nitrogens with zero attached hydrogens (tertiary/aromatic N) is 5. The maximum Gasteiger partial charge on any atom is 0.258 e. The smallest absolute Gasteiger partial charge is 0.258 e. The van der Waals surface area contributed by atoms with Gasteiger partial charge in [-0.1, -0.05) is 47.6 Å². The second-order valence-corrected chi connectivity index (χ2v) is 7.46. The lowest BCUT2D eigenvalue weighted by atomic mass is 10.2. The molecule has 152 valence electrons. The Morgan fingerprint density at radius 2 is 1.57 bits per heavy atom. The maximum atomic E-state index is 12.3. The zero-order valence-corrected chi connectivity index (χ0v) is 16.5. The number of nitrogens with one attached hydrogen (secondary N) is 1. The fourth-order valence-corrected chi connectivity index (χ4v) is 3.74. The van der Waals surface area contributed by atoms with Crippen molar-refractivity contribution in [3.05, 3.63) is 76.7 Å². The van der Waals surface area contributed by atoms with Crippen molar-refractivity contribution in [1.29, 1.82) is 0 Å². The van der Waals surface area contributed by atoms with Crippen LogP contribution in [0.25, 0.3) is 22.3 Å². The van der Waals surface area contributed by atoms with Gasteiger partial charge >= 0.3 is 0 Å². The first-order valence-corrected chi connectivity index (χ1v) is 10.1. The molecule has 3 heterocycles. The van der Waals surface area contributed by atoms with E-state index in [1.54, 1.807) is 6.07 Å². The second kappa shape index (κ2) is 8.17. The number of aromatic amines is 1. The topological polar surface area (TPSA) is 91.2 Å². The third-order valence-corrected chi connectivity index (χ3v) is 5.36. The molecule has 0 aliphatic carbocycles. The fourth-order valence-electron chi connectivity index (χ4n) is 3.74. The molecule has 8 heteroatoms. The molecule has 1 aliphatic rings. The summed E-state index contributed by atoms with van der Waals surface area (Å²) in [4.78, 5) is 28.9. The van der Waals surface area contributed by atoms with Crippen LogP contribution in [0.2, 0.25) is 0 Å². The van der Waals surface area contributed by atoms with Crippen LogP contribution in [0, 0.1) is 0 Å². The van der Waals surface area contributed by atoms with Gasteiger partial charge in [0.2, 0.25) is 11.7 Å². The standard InChI is InChI=1S/C22H22N6O2/c29-22-17-8-4-5-9-18(17)23-19(24-22)14-27-10-12-28(13-11-27)15-20-25-21(26-30-20)16-6-2-1-3-7-16/h1-9H,10-15H2,(H,23,24,29). The molecule has 1 N–H and O–H groups in total. The Morgan fingerprint density at radius 3 is 2.37 bits per heavy atom. The highest BCUT2D eigenvalue weighted by molar-refractivity contribution is 5.77. The van der Waals surface area contributed by atoms with Gasteiger partial charge < -0.3 is 9.51 Å². The van der Waals surface area contributed by atoms with Crippen molar-refractivity contribution in [2.45, 2.75) is 13.1 Å². The Labute approximate surface area is 173 Å². The molecule has 0 radical (unpaired) electrons. The first-order chi connectivity index (χ1) is 14.7. The Bertz CT molecular complexity index is 1190. The minimum atomic E-state index is -0.0835. The van der Waals surface area contributed by atoms with Crippen molar-refractivity contribution >= 4 is 10.9 Å². The van der Waals surface area contributed by atoms with Crippen LogP contribution in [0.3, 0.4) is 0 Å². The molecular weight excluding hydrogens is 380 g/mol. The molecule has 0 spiro atoms. The van der Waals surface area contributed by atoms with Crippen LogP contribution in [0.5, 0.6) is 0 Å². The van der Waals surface area contributed by atoms with Gasteiger partial charge in [-0.05, 0) is 12.1 Å². The summed E-state index contributed by atoms with van der Waals surface area (Å²) in [6.45, 7) is 4.82. The van der Waals surface area contributed by atoms with Crippen LogP contribution >= 0.6 is 0 Å². The average Bonchev–Trinajstić information content (AvgIpc) is 3.24. The molecule has 30 heavy (non-hydrogen) atoms. The van der Waals surface area contributed by atoms with Crippen LogP contribution < -0.4 is 5.56 Å². The van der Waals surface area contributed by atoms with Crippen molar-refractivity contribution in [2.24, 2.45) is 0 Å². The molecule has 1 saturated heterocycles. The molecule has 0 saturated carbocycles. The molecule has 2 aromatic heterocycles. The molecule has 2 aromatic carbocycles. The summed E-state index contributed by atoms with van der Waals surface area (Å²) < 4.78 is 5.43. The van der Waals surface area contributed by atoms with Crippen molar-refractivity contribution < 1.29 is 4.52 Å². The predicted octanol–water partition coefficient (Wildman–Crippen LogP) is 2.29. The number of hydrogen-bond donors (Lipinski definition) is 1. The number of H-pyrrole nitrogens is 1. The van der Waals surface area contributed by atoms with Crippen LogP contribution in [0.1, 0.15) is 11.7 Å². The lowest BCUT2D eigenvalue weighted by molar-refractivity contribution is 0.110. The van der Waals surface area contributed by atoms with Gasteiger partial charge in [-0.15, -0.1) is 0 Å². The van der Waals surface area contributed by atoms with E-state index in [1.165, 1.54) is 0 Å². The minimum absolute atomic E-state index is 0.0835. The molecule has 1 fully saturated rings. The van der Waals surface area contributed by atoms with Crippen molar-refractivity contribution in [2.75, 3.05) is 26.2 Å². The van der Waals surface area contributed by atoms with E-state index < -0.39 is 0 Å². The summed E-state index contributed by atoms with van der Waals surface area (Å²) in [5.74, 6) is 1.95. The minimum Gasteiger partial charge on any atom is -0.338 e. The third-order valence-electron chi connectivity index (χ3n) is 5.36. The van der Waals surface area contributed by atoms with E-state index in [1.807, 2.05) is 48.5 Å². The van der Waals surface area contributed by atoms with Gasteiger partial charge in [-0.2, -0.15) is 4.98 Å². The lowest BCUT2D eigenvalue weighted by Crippen LogP contribution is -2.45. The van der Waals surface area contributed by atoms with Crippen LogP contribution in [-0.2, 0) is 13.1 Å². The number of benzene rings is 2. The highest BCUT2D eigenvalue weighted by atomic mass is 16.5. The molecule has 0 amide bonds. The molecular formula is C22H22N6O2. The SMILES string of the molecule is O=c1[nH]c(CN2CCN(Cc3nc(-c4ccccc4)no3)CC2)nc2ccccc12. The van der Waals surface area contributed by atoms with E-state index in [0.717, 1.165) is 37.3 Å². The molecule has 1 aliphatic heterocycles. The van der Waals surface area contributed by atoms with E-state index >= 15 is 0 Å². The Hall–Kier alpha value is -3.36. The highest BCUT2D eigenvalue weighted by Crippen LogP contribution is 2.16. The van der Waals surface area contributed by atoms with Gasteiger partial charge in [0.25, 0.3) is 5.56 Å². The maximum absolute atomic E-state index is 12.3. The van der Waals surface area contributed by atoms with E-state index in [-0.39, 0.29) is 5.56 Å².